The number of halogens is 1. The highest BCUT2D eigenvalue weighted by atomic mass is 35.5. The number of piperidine rings is 1. The van der Waals surface area contributed by atoms with Gasteiger partial charge in [-0.15, -0.1) is 0 Å². The van der Waals surface area contributed by atoms with Gasteiger partial charge in [0.25, 0.3) is 5.91 Å². The smallest absolute Gasteiger partial charge is 0.326 e. The largest absolute Gasteiger partial charge is 0.480 e. The summed E-state index contributed by atoms with van der Waals surface area (Å²) in [5.41, 5.74) is 0.147. The second kappa shape index (κ2) is 6.78. The lowest BCUT2D eigenvalue weighted by molar-refractivity contribution is -0.148. The highest BCUT2D eigenvalue weighted by molar-refractivity contribution is 6.30. The normalized spacial score (nSPS) is 24.3. The molecule has 1 atom stereocenters. The highest BCUT2D eigenvalue weighted by Gasteiger charge is 2.52. The Morgan fingerprint density at radius 2 is 1.89 bits per heavy atom. The van der Waals surface area contributed by atoms with Crippen molar-refractivity contribution in [3.05, 3.63) is 29.0 Å². The van der Waals surface area contributed by atoms with Crippen molar-refractivity contribution in [2.75, 3.05) is 19.6 Å². The fourth-order valence-electron chi connectivity index (χ4n) is 4.28. The Hall–Kier alpha value is -2.15. The molecule has 7 nitrogen and oxygen atoms in total. The van der Waals surface area contributed by atoms with Crippen LogP contribution in [-0.2, 0) is 9.59 Å². The van der Waals surface area contributed by atoms with E-state index in [2.05, 4.69) is 4.98 Å². The van der Waals surface area contributed by atoms with Crippen molar-refractivity contribution >= 4 is 29.4 Å². The van der Waals surface area contributed by atoms with E-state index in [4.69, 9.17) is 11.6 Å². The molecule has 1 saturated carbocycles. The number of hydrogen-bond acceptors (Lipinski definition) is 4. The minimum Gasteiger partial charge on any atom is -0.480 e. The molecule has 1 N–H and O–H groups in total. The zero-order chi connectivity index (χ0) is 19.2. The molecule has 3 heterocycles. The number of carboxylic acid groups (broad SMARTS) is 1. The van der Waals surface area contributed by atoms with Crippen molar-refractivity contribution < 1.29 is 19.5 Å². The predicted molar refractivity (Wildman–Crippen MR) is 97.3 cm³/mol. The number of nitrogens with zero attached hydrogens (tertiary/aromatic N) is 3. The molecule has 3 aliphatic rings. The number of carbonyl (C=O) groups is 3. The molecule has 4 rings (SSSR count). The first-order chi connectivity index (χ1) is 12.9. The number of pyridine rings is 1. The Kier molecular flexibility index (Phi) is 4.58. The van der Waals surface area contributed by atoms with Crippen molar-refractivity contribution in [1.82, 2.24) is 14.8 Å². The van der Waals surface area contributed by atoms with E-state index in [-0.39, 0.29) is 23.1 Å². The fraction of sp³-hybridized carbons (Fsp3) is 0.579. The molecule has 27 heavy (non-hydrogen) atoms. The lowest BCUT2D eigenvalue weighted by Gasteiger charge is -2.39. The standard InChI is InChI=1S/C19H22ClN3O4/c20-13-3-4-14(21-10-13)17(25)22-7-5-19(6-8-22)9-15(18(26)27)23(11-19)16(24)12-1-2-12/h3-4,10,12,15H,1-2,5-9,11H2,(H,26,27)/t15-/m0/s1. The first kappa shape index (κ1) is 18.2. The van der Waals surface area contributed by atoms with Gasteiger partial charge in [-0.05, 0) is 49.7 Å². The van der Waals surface area contributed by atoms with Crippen LogP contribution in [0.1, 0.15) is 42.6 Å². The van der Waals surface area contributed by atoms with Crippen molar-refractivity contribution in [1.29, 1.82) is 0 Å². The molecule has 8 heteroatoms. The summed E-state index contributed by atoms with van der Waals surface area (Å²) in [6, 6.07) is 2.52. The van der Waals surface area contributed by atoms with Crippen LogP contribution >= 0.6 is 11.6 Å². The molecule has 1 aromatic rings. The van der Waals surface area contributed by atoms with Gasteiger partial charge in [-0.1, -0.05) is 11.6 Å². The maximum atomic E-state index is 12.6. The average Bonchev–Trinajstić information content (AvgIpc) is 3.44. The molecule has 0 bridgehead atoms. The van der Waals surface area contributed by atoms with Crippen LogP contribution in [0.3, 0.4) is 0 Å². The molecular formula is C19H22ClN3O4. The van der Waals surface area contributed by atoms with Crippen LogP contribution in [0.5, 0.6) is 0 Å². The molecule has 1 aliphatic carbocycles. The average molecular weight is 392 g/mol. The number of hydrogen-bond donors (Lipinski definition) is 1. The van der Waals surface area contributed by atoms with Gasteiger partial charge in [-0.3, -0.25) is 9.59 Å². The summed E-state index contributed by atoms with van der Waals surface area (Å²) in [6.07, 6.45) is 5.06. The van der Waals surface area contributed by atoms with E-state index in [9.17, 15) is 19.5 Å². The van der Waals surface area contributed by atoms with Gasteiger partial charge in [0.05, 0.1) is 5.02 Å². The van der Waals surface area contributed by atoms with Gasteiger partial charge >= 0.3 is 5.97 Å². The Bertz CT molecular complexity index is 770. The highest BCUT2D eigenvalue weighted by Crippen LogP contribution is 2.45. The zero-order valence-corrected chi connectivity index (χ0v) is 15.7. The Labute approximate surface area is 162 Å². The van der Waals surface area contributed by atoms with Gasteiger partial charge < -0.3 is 14.9 Å². The van der Waals surface area contributed by atoms with Crippen molar-refractivity contribution in [2.45, 2.75) is 38.1 Å². The lowest BCUT2D eigenvalue weighted by Crippen LogP contribution is -2.45. The molecule has 2 aliphatic heterocycles. The molecule has 1 aromatic heterocycles. The molecule has 0 radical (unpaired) electrons. The third-order valence-corrected chi connectivity index (χ3v) is 6.28. The van der Waals surface area contributed by atoms with Crippen LogP contribution in [0.15, 0.2) is 18.3 Å². The van der Waals surface area contributed by atoms with Crippen LogP contribution in [0.25, 0.3) is 0 Å². The number of aromatic nitrogens is 1. The lowest BCUT2D eigenvalue weighted by atomic mass is 9.76. The fourth-order valence-corrected chi connectivity index (χ4v) is 4.40. The predicted octanol–water partition coefficient (Wildman–Crippen LogP) is 2.05. The van der Waals surface area contributed by atoms with E-state index >= 15 is 0 Å². The van der Waals surface area contributed by atoms with Gasteiger partial charge in [-0.2, -0.15) is 0 Å². The van der Waals surface area contributed by atoms with Crippen LogP contribution in [-0.4, -0.2) is 63.4 Å². The SMILES string of the molecule is O=C(O)[C@@H]1CC2(CCN(C(=O)c3ccc(Cl)cn3)CC2)CN1C(=O)C1CC1. The molecule has 0 aromatic carbocycles. The minimum absolute atomic E-state index is 0.0110. The first-order valence-electron chi connectivity index (χ1n) is 9.33. The molecular weight excluding hydrogens is 370 g/mol. The Balaban J connectivity index is 1.43. The summed E-state index contributed by atoms with van der Waals surface area (Å²) < 4.78 is 0. The Morgan fingerprint density at radius 1 is 1.19 bits per heavy atom. The first-order valence-corrected chi connectivity index (χ1v) is 9.70. The van der Waals surface area contributed by atoms with Crippen LogP contribution < -0.4 is 0 Å². The van der Waals surface area contributed by atoms with E-state index in [1.165, 1.54) is 6.20 Å². The van der Waals surface area contributed by atoms with Gasteiger partial charge in [0.15, 0.2) is 0 Å². The van der Waals surface area contributed by atoms with Crippen LogP contribution in [0.2, 0.25) is 5.02 Å². The van der Waals surface area contributed by atoms with Crippen molar-refractivity contribution in [3.8, 4) is 0 Å². The summed E-state index contributed by atoms with van der Waals surface area (Å²) in [4.78, 5) is 44.2. The number of carboxylic acids is 1. The summed E-state index contributed by atoms with van der Waals surface area (Å²) in [6.45, 7) is 1.57. The van der Waals surface area contributed by atoms with E-state index in [1.807, 2.05) is 0 Å². The number of rotatable bonds is 3. The van der Waals surface area contributed by atoms with E-state index in [0.717, 1.165) is 12.8 Å². The summed E-state index contributed by atoms with van der Waals surface area (Å²) in [7, 11) is 0. The van der Waals surface area contributed by atoms with Gasteiger partial charge in [-0.25, -0.2) is 9.78 Å². The number of carbonyl (C=O) groups excluding carboxylic acids is 2. The van der Waals surface area contributed by atoms with Crippen LogP contribution in [0, 0.1) is 11.3 Å². The van der Waals surface area contributed by atoms with E-state index in [1.54, 1.807) is 21.9 Å². The summed E-state index contributed by atoms with van der Waals surface area (Å²) in [5, 5.41) is 10.1. The van der Waals surface area contributed by atoms with Gasteiger partial charge in [0.1, 0.15) is 11.7 Å². The topological polar surface area (TPSA) is 90.8 Å². The summed E-state index contributed by atoms with van der Waals surface area (Å²) >= 11 is 5.82. The minimum atomic E-state index is -0.926. The number of aliphatic carboxylic acids is 1. The second-order valence-corrected chi connectivity index (χ2v) is 8.39. The number of likely N-dealkylation sites (tertiary alicyclic amines) is 2. The van der Waals surface area contributed by atoms with Crippen molar-refractivity contribution in [3.63, 3.8) is 0 Å². The summed E-state index contributed by atoms with van der Waals surface area (Å²) in [5.74, 6) is -1.06. The zero-order valence-electron chi connectivity index (χ0n) is 14.9. The molecule has 3 fully saturated rings. The quantitative estimate of drug-likeness (QED) is 0.851. The maximum Gasteiger partial charge on any atom is 0.326 e. The van der Waals surface area contributed by atoms with Crippen molar-refractivity contribution in [2.24, 2.45) is 11.3 Å². The molecule has 144 valence electrons. The number of amides is 2. The monoisotopic (exact) mass is 391 g/mol. The Morgan fingerprint density at radius 3 is 2.44 bits per heavy atom. The van der Waals surface area contributed by atoms with Crippen LogP contribution in [0.4, 0.5) is 0 Å². The maximum absolute atomic E-state index is 12.6. The van der Waals surface area contributed by atoms with E-state index in [0.29, 0.717) is 49.6 Å². The third-order valence-electron chi connectivity index (χ3n) is 6.06. The van der Waals surface area contributed by atoms with E-state index < -0.39 is 12.0 Å². The molecule has 2 amide bonds. The third kappa shape index (κ3) is 3.52. The molecule has 2 saturated heterocycles. The second-order valence-electron chi connectivity index (χ2n) is 7.95. The molecule has 0 unspecified atom stereocenters. The van der Waals surface area contributed by atoms with Gasteiger partial charge in [0, 0.05) is 31.7 Å². The molecule has 1 spiro atoms. The van der Waals surface area contributed by atoms with Gasteiger partial charge in [0.2, 0.25) is 5.91 Å².